The Balaban J connectivity index is 0.000000755. The number of rotatable bonds is 1. The van der Waals surface area contributed by atoms with E-state index < -0.39 is 104 Å². The van der Waals surface area contributed by atoms with Crippen molar-refractivity contribution < 1.29 is 126 Å². The molecule has 0 amide bonds. The second kappa shape index (κ2) is 19.2. The second-order valence-electron chi connectivity index (χ2n) is 9.11. The molecule has 0 aliphatic rings. The predicted octanol–water partition coefficient (Wildman–Crippen LogP) is 7.76. The summed E-state index contributed by atoms with van der Waals surface area (Å²) in [6, 6.07) is 8.32. The molecule has 54 heavy (non-hydrogen) atoms. The molecule has 0 N–H and O–H groups in total. The summed E-state index contributed by atoms with van der Waals surface area (Å²) in [5, 5.41) is -0.549. The summed E-state index contributed by atoms with van der Waals surface area (Å²) in [4.78, 5) is 0. The molecule has 5 rings (SSSR count). The molecule has 1 unspecified atom stereocenters. The molecule has 0 aliphatic carbocycles. The Morgan fingerprint density at radius 2 is 0.796 bits per heavy atom. The zero-order valence-electron chi connectivity index (χ0n) is 25.0. The van der Waals surface area contributed by atoms with Crippen LogP contribution in [0.3, 0.4) is 0 Å². The topological polar surface area (TPSA) is 97.3 Å². The van der Waals surface area contributed by atoms with E-state index >= 15 is 0 Å². The third kappa shape index (κ3) is 13.3. The largest absolute Gasteiger partial charge is 1.00 e. The van der Waals surface area contributed by atoms with Crippen molar-refractivity contribution in [3.63, 3.8) is 0 Å². The van der Waals surface area contributed by atoms with Crippen LogP contribution in [0.15, 0.2) is 60.7 Å². The van der Waals surface area contributed by atoms with Crippen LogP contribution in [0.4, 0.5) is 74.6 Å². The average Bonchev–Trinajstić information content (AvgIpc) is 3.28. The van der Waals surface area contributed by atoms with E-state index in [-0.39, 0.29) is 58.9 Å². The monoisotopic (exact) mass is 872 g/mol. The van der Waals surface area contributed by atoms with Crippen molar-refractivity contribution in [3.8, 4) is 11.1 Å². The van der Waals surface area contributed by atoms with Gasteiger partial charge >= 0.3 is 46.1 Å². The van der Waals surface area contributed by atoms with Gasteiger partial charge < -0.3 is 9.11 Å². The molecule has 0 radical (unpaired) electrons. The number of hydrogen-bond acceptors (Lipinski definition) is 5. The minimum atomic E-state index is -6.09. The van der Waals surface area contributed by atoms with Gasteiger partial charge in [0.15, 0.2) is 66.1 Å². The molecule has 1 atom stereocenters. The van der Waals surface area contributed by atoms with E-state index in [1.807, 2.05) is 0 Å². The molecule has 0 saturated heterocycles. The number of benzene rings is 4. The number of alkyl halides is 9. The molecule has 1 heterocycles. The molecule has 0 spiro atoms. The van der Waals surface area contributed by atoms with Crippen molar-refractivity contribution in [1.29, 1.82) is 0 Å². The summed E-state index contributed by atoms with van der Waals surface area (Å²) in [7, 11) is -8.74. The Labute approximate surface area is 318 Å². The molecule has 26 heteroatoms. The van der Waals surface area contributed by atoms with Crippen molar-refractivity contribution in [2.24, 2.45) is 0 Å². The standard InChI is InChI=1S/C13H4F7S.C12H6F4.CHF3O3S.CHF3O2S.CH4.Na/c14-7-1-5-6-2-8(15)10(17)4-12(6)21(13(18,19)20)11(5)3-9(7)16;13-9-3-1-7(5-11(9)15)8-2-4-10(14)12(16)6-8;2-1(3,4)8(5,6)7;2-1(3,4)7(5)6;;/h1-4H;1-6H;(H,5,6,7);(H,5,6);1H4;/q+1;;;;;+1/p-2. The molecule has 0 bridgehead atoms. The van der Waals surface area contributed by atoms with Gasteiger partial charge in [0.25, 0.3) is 0 Å². The van der Waals surface area contributed by atoms with Gasteiger partial charge in [-0.05, 0) is 47.5 Å². The molecule has 5 nitrogen and oxygen atoms in total. The molecule has 5 aromatic rings. The molecule has 1 aromatic heterocycles. The SMILES string of the molecule is C.Fc1cc2c3cc(F)c(F)cc3[s+](C(F)(F)F)c2cc1F.Fc1ccc(-c2ccc(F)c(F)c2)cc1F.O=S(=O)([O-])C(F)(F)F.O=S([O-])C(F)(F)F.[Na+]. The summed E-state index contributed by atoms with van der Waals surface area (Å²) >= 11 is -3.93. The van der Waals surface area contributed by atoms with Crippen molar-refractivity contribution in [2.45, 2.75) is 24.0 Å². The van der Waals surface area contributed by atoms with Crippen LogP contribution in [0.25, 0.3) is 31.3 Å². The van der Waals surface area contributed by atoms with Crippen LogP contribution in [0, 0.1) is 46.5 Å². The quantitative estimate of drug-likeness (QED) is 0.0429. The van der Waals surface area contributed by atoms with Gasteiger partial charge in [0.05, 0.1) is 21.9 Å². The first-order valence-electron chi connectivity index (χ1n) is 12.4. The number of hydrogen-bond donors (Lipinski definition) is 0. The van der Waals surface area contributed by atoms with E-state index in [1.54, 1.807) is 0 Å². The van der Waals surface area contributed by atoms with Crippen LogP contribution in [0.1, 0.15) is 7.43 Å². The van der Waals surface area contributed by atoms with Crippen LogP contribution in [-0.2, 0) is 26.7 Å². The molecule has 0 saturated carbocycles. The maximum absolute atomic E-state index is 13.3. The van der Waals surface area contributed by atoms with Gasteiger partial charge in [0, 0.05) is 12.1 Å². The maximum Gasteiger partial charge on any atom is 1.00 e. The van der Waals surface area contributed by atoms with Crippen LogP contribution in [0.5, 0.6) is 0 Å². The normalized spacial score (nSPS) is 12.2. The van der Waals surface area contributed by atoms with Crippen molar-refractivity contribution in [2.75, 3.05) is 0 Å². The summed E-state index contributed by atoms with van der Waals surface area (Å²) in [6.45, 7) is 0. The fourth-order valence-electron chi connectivity index (χ4n) is 3.54. The Morgan fingerprint density at radius 3 is 1.02 bits per heavy atom. The minimum absolute atomic E-state index is 0. The predicted molar refractivity (Wildman–Crippen MR) is 154 cm³/mol. The van der Waals surface area contributed by atoms with Crippen LogP contribution in [0.2, 0.25) is 0 Å². The zero-order valence-corrected chi connectivity index (χ0v) is 29.4. The average molecular weight is 873 g/mol. The van der Waals surface area contributed by atoms with E-state index in [0.717, 1.165) is 24.3 Å². The Hall–Kier alpha value is -3.07. The third-order valence-corrected chi connectivity index (χ3v) is 8.61. The first kappa shape index (κ1) is 50.9. The number of thiophene rings is 1. The molecule has 4 aromatic carbocycles. The summed E-state index contributed by atoms with van der Waals surface area (Å²) < 4.78 is 251. The summed E-state index contributed by atoms with van der Waals surface area (Å²) in [6.07, 6.45) is 0. The van der Waals surface area contributed by atoms with E-state index in [1.165, 1.54) is 12.1 Å². The van der Waals surface area contributed by atoms with Gasteiger partial charge in [-0.15, -0.1) is 13.2 Å². The zero-order chi connectivity index (χ0) is 40.3. The van der Waals surface area contributed by atoms with E-state index in [2.05, 4.69) is 0 Å². The van der Waals surface area contributed by atoms with Crippen LogP contribution in [-0.4, -0.2) is 32.7 Å². The van der Waals surface area contributed by atoms with E-state index in [9.17, 15) is 74.6 Å². The van der Waals surface area contributed by atoms with Crippen LogP contribution < -0.4 is 29.6 Å². The van der Waals surface area contributed by atoms with Crippen molar-refractivity contribution in [1.82, 2.24) is 0 Å². The van der Waals surface area contributed by atoms with Crippen molar-refractivity contribution >= 4 is 51.8 Å². The third-order valence-electron chi connectivity index (χ3n) is 5.65. The van der Waals surface area contributed by atoms with Gasteiger partial charge in [-0.3, -0.25) is 4.21 Å². The number of halogens is 17. The molecule has 0 aliphatic heterocycles. The smallest absolute Gasteiger partial charge is 0.766 e. The minimum Gasteiger partial charge on any atom is -0.766 e. The molecular weight excluding hydrogens is 858 g/mol. The molecule has 0 fully saturated rings. The Morgan fingerprint density at radius 1 is 0.537 bits per heavy atom. The van der Waals surface area contributed by atoms with Gasteiger partial charge in [0.1, 0.15) is 10.5 Å². The first-order valence-corrected chi connectivity index (χ1v) is 16.1. The first-order chi connectivity index (χ1) is 23.5. The maximum atomic E-state index is 13.3. The Bertz CT molecular complexity index is 2100. The van der Waals surface area contributed by atoms with Crippen LogP contribution >= 0.6 is 10.5 Å². The van der Waals surface area contributed by atoms with Gasteiger partial charge in [-0.25, -0.2) is 43.5 Å². The van der Waals surface area contributed by atoms with Gasteiger partial charge in [-0.1, -0.05) is 19.6 Å². The molecular formula is C28H14F17NaO5S3. The van der Waals surface area contributed by atoms with Gasteiger partial charge in [0.2, 0.25) is 0 Å². The molecule has 294 valence electrons. The summed E-state index contributed by atoms with van der Waals surface area (Å²) in [5.41, 5.74) is -15.0. The second-order valence-corrected chi connectivity index (χ2v) is 13.4. The number of fused-ring (bicyclic) bond motifs is 3. The van der Waals surface area contributed by atoms with Crippen molar-refractivity contribution in [3.05, 3.63) is 107 Å². The summed E-state index contributed by atoms with van der Waals surface area (Å²) in [5.74, 6) is -9.59. The fourth-order valence-corrected chi connectivity index (χ4v) is 5.49. The Kier molecular flexibility index (Phi) is 18.1. The van der Waals surface area contributed by atoms with E-state index in [0.29, 0.717) is 24.3 Å². The van der Waals surface area contributed by atoms with E-state index in [4.69, 9.17) is 21.7 Å². The fraction of sp³-hybridized carbons (Fsp3) is 0.143. The van der Waals surface area contributed by atoms with Gasteiger partial charge in [-0.2, -0.15) is 26.3 Å².